The van der Waals surface area contributed by atoms with Crippen LogP contribution in [0.4, 0.5) is 47.3 Å². The molecule has 726 valence electrons. The topological polar surface area (TPSA) is 318 Å². The van der Waals surface area contributed by atoms with E-state index < -0.39 is 53.3 Å². The number of pyridine rings is 3. The van der Waals surface area contributed by atoms with Crippen molar-refractivity contribution in [2.45, 2.75) is 141 Å². The maximum atomic E-state index is 14.0. The second-order valence-corrected chi connectivity index (χ2v) is 37.4. The summed E-state index contributed by atoms with van der Waals surface area (Å²) in [5.74, 6) is -4.56. The van der Waals surface area contributed by atoms with E-state index in [2.05, 4.69) is 237 Å². The number of hydrogen-bond acceptors (Lipinski definition) is 26. The van der Waals surface area contributed by atoms with Gasteiger partial charge in [-0.05, 0) is 130 Å². The highest BCUT2D eigenvalue weighted by atomic mass is 19.1. The quantitative estimate of drug-likeness (QED) is 0.0401. The monoisotopic (exact) mass is 1900 g/mol. The van der Waals surface area contributed by atoms with Crippen LogP contribution in [0.3, 0.4) is 0 Å². The van der Waals surface area contributed by atoms with Gasteiger partial charge >= 0.3 is 0 Å². The van der Waals surface area contributed by atoms with Gasteiger partial charge in [-0.25, -0.2) is 28.1 Å². The fourth-order valence-corrected chi connectivity index (χ4v) is 21.6. The number of halogens is 3. The molecular weight excluding hydrogens is 1780 g/mol. The first-order valence-corrected chi connectivity index (χ1v) is 48.6. The molecule has 6 saturated heterocycles. The Labute approximate surface area is 816 Å². The van der Waals surface area contributed by atoms with Crippen LogP contribution in [-0.2, 0) is 62.8 Å². The summed E-state index contributed by atoms with van der Waals surface area (Å²) in [6.07, 6.45) is 5.99. The molecule has 3 amide bonds. The minimum atomic E-state index is -1.04. The number of anilines is 6. The zero-order valence-electron chi connectivity index (χ0n) is 80.6. The standard InChI is InChI=1S/C37H42FN7O3.C36H40FN7O3.C35H38FN7O2/c1-25-6-4-7-27-8-5-9-33(34(25)27)43-17-13-30-32(24-43)41-36(48-29-11-15-42(16-12-29)20-21-47-3)31(22-40)35(30)44-18-19-45(37(46)26(2)38)28(23-44)10-14-39;1-25-6-3-7-27-8-4-9-32(33(25)27)42-14-11-29-31(24-42)40-35(47-19-5-13-41-17-20-46-21-18-41)30(22-39)34(29)43-15-16-44(36(45)26(2)37)28(23-43)10-12-38;1-23-6-4-7-25-8-5-9-31(32(23)25)41-17-13-28-30(22-41)39-34(45-27-11-15-40(3)16-12-27)29(20-38)33(28)42-18-19-43(35(44)24(2)36)26(21-42)10-14-37/h4-9,28-29H,2,10-13,15-21,23-24H2,1,3H3;3-4,6-9,28H,2,5,10-11,13-21,23-24H2,1H3;4-9,26-27H,2,10-13,15-19,21-22H2,1,3H3/t2*28-;26-/m000/s1. The molecule has 0 aliphatic carbocycles. The number of ether oxygens (including phenoxy) is 5. The van der Waals surface area contributed by atoms with Crippen molar-refractivity contribution < 1.29 is 51.2 Å². The van der Waals surface area contributed by atoms with Gasteiger partial charge in [0.1, 0.15) is 47.1 Å². The molecule has 0 radical (unpaired) electrons. The third kappa shape index (κ3) is 21.7. The molecule has 12 heterocycles. The Kier molecular flexibility index (Phi) is 32.0. The van der Waals surface area contributed by atoms with Crippen molar-refractivity contribution >= 4 is 84.2 Å². The van der Waals surface area contributed by atoms with Gasteiger partial charge < -0.3 is 77.6 Å². The first-order valence-electron chi connectivity index (χ1n) is 48.6. The normalized spacial score (nSPS) is 18.7. The molecule has 6 aromatic carbocycles. The van der Waals surface area contributed by atoms with Crippen molar-refractivity contribution in [3.8, 4) is 54.1 Å². The van der Waals surface area contributed by atoms with Crippen LogP contribution < -0.4 is 43.6 Å². The zero-order valence-corrected chi connectivity index (χ0v) is 80.6. The Bertz CT molecular complexity index is 6440. The highest BCUT2D eigenvalue weighted by Crippen LogP contribution is 2.46. The van der Waals surface area contributed by atoms with Crippen molar-refractivity contribution in [2.75, 3.05) is 201 Å². The largest absolute Gasteiger partial charge is 0.477 e. The number of hydrogen-bond donors (Lipinski definition) is 0. The van der Waals surface area contributed by atoms with Gasteiger partial charge in [0.05, 0.1) is 136 Å². The summed E-state index contributed by atoms with van der Waals surface area (Å²) in [5.41, 5.74) is 15.9. The lowest BCUT2D eigenvalue weighted by atomic mass is 9.95. The molecule has 9 aliphatic rings. The number of aromatic nitrogens is 3. The number of nitrogens with zero attached hydrogens (tertiary/aromatic N) is 21. The van der Waals surface area contributed by atoms with Gasteiger partial charge in [0.2, 0.25) is 17.6 Å². The Balaban J connectivity index is 0.000000151. The lowest BCUT2D eigenvalue weighted by Crippen LogP contribution is -2.55. The molecule has 3 aromatic heterocycles. The van der Waals surface area contributed by atoms with Crippen LogP contribution in [0.5, 0.6) is 17.6 Å². The minimum Gasteiger partial charge on any atom is -0.477 e. The first-order chi connectivity index (χ1) is 68.0. The molecule has 32 heteroatoms. The summed E-state index contributed by atoms with van der Waals surface area (Å²) in [4.78, 5) is 77.4. The van der Waals surface area contributed by atoms with Gasteiger partial charge in [-0.2, -0.15) is 31.6 Å². The van der Waals surface area contributed by atoms with E-state index in [1.807, 2.05) is 0 Å². The number of aryl methyl sites for hydroxylation is 3. The highest BCUT2D eigenvalue weighted by molar-refractivity contribution is 6.00. The van der Waals surface area contributed by atoms with E-state index in [0.29, 0.717) is 106 Å². The maximum absolute atomic E-state index is 14.0. The Morgan fingerprint density at radius 2 is 0.757 bits per heavy atom. The van der Waals surface area contributed by atoms with Gasteiger partial charge in [0.15, 0.2) is 17.5 Å². The van der Waals surface area contributed by atoms with Gasteiger partial charge in [0.25, 0.3) is 17.7 Å². The molecular formula is C108H120F3N21O8. The number of methoxy groups -OCH3 is 1. The zero-order chi connectivity index (χ0) is 98.4. The summed E-state index contributed by atoms with van der Waals surface area (Å²) in [5, 5.41) is 67.7. The number of piperazine rings is 3. The van der Waals surface area contributed by atoms with Crippen molar-refractivity contribution in [2.24, 2.45) is 0 Å². The lowest BCUT2D eigenvalue weighted by molar-refractivity contribution is -0.132. The second-order valence-electron chi connectivity index (χ2n) is 37.4. The first kappa shape index (κ1) is 98.9. The summed E-state index contributed by atoms with van der Waals surface area (Å²) >= 11 is 0. The third-order valence-corrected chi connectivity index (χ3v) is 28.7. The van der Waals surface area contributed by atoms with Gasteiger partial charge in [-0.15, -0.1) is 0 Å². The molecule has 0 bridgehead atoms. The molecule has 18 rings (SSSR count). The van der Waals surface area contributed by atoms with Gasteiger partial charge in [-0.1, -0.05) is 111 Å². The molecule has 0 N–H and O–H groups in total. The molecule has 0 saturated carbocycles. The average molecular weight is 1900 g/mol. The number of morpholine rings is 1. The van der Waals surface area contributed by atoms with Crippen LogP contribution in [0.2, 0.25) is 0 Å². The van der Waals surface area contributed by atoms with E-state index in [9.17, 15) is 59.1 Å². The van der Waals surface area contributed by atoms with Crippen LogP contribution in [-0.4, -0.2) is 264 Å². The summed E-state index contributed by atoms with van der Waals surface area (Å²) in [7, 11) is 3.80. The van der Waals surface area contributed by atoms with Gasteiger partial charge in [0, 0.05) is 188 Å². The van der Waals surface area contributed by atoms with Crippen LogP contribution in [0.1, 0.15) is 119 Å². The molecule has 3 atom stereocenters. The molecule has 9 aliphatic heterocycles. The predicted octanol–water partition coefficient (Wildman–Crippen LogP) is 14.2. The fourth-order valence-electron chi connectivity index (χ4n) is 21.6. The maximum Gasteiger partial charge on any atom is 0.282 e. The summed E-state index contributed by atoms with van der Waals surface area (Å²) in [6.45, 7) is 31.9. The SMILES string of the molecule is C=C(F)C(=O)N1CCN(c2c(C#N)c(OC3CCN(C)CC3)nc3c2CCN(c2cccc4cccc(C)c24)C3)C[C@@H]1CC#N.C=C(F)C(=O)N1CCN(c2c(C#N)c(OC3CCN(CCOC)CC3)nc3c2CCN(c2cccc4cccc(C)c24)C3)C[C@@H]1CC#N.C=C(F)C(=O)N1CCN(c2c(C#N)c(OCCCN3CCOCC3)nc3c2CCN(c2cccc4cccc(C)c24)C3)C[C@@H]1CC#N. The number of amides is 3. The molecule has 6 fully saturated rings. The molecule has 29 nitrogen and oxygen atoms in total. The third-order valence-electron chi connectivity index (χ3n) is 28.7. The van der Waals surface area contributed by atoms with Crippen LogP contribution in [0, 0.1) is 88.8 Å². The van der Waals surface area contributed by atoms with E-state index in [-0.39, 0.29) is 70.7 Å². The van der Waals surface area contributed by atoms with Crippen molar-refractivity contribution in [1.82, 2.24) is 44.4 Å². The Morgan fingerprint density at radius 1 is 0.421 bits per heavy atom. The number of benzene rings is 6. The van der Waals surface area contributed by atoms with E-state index in [4.69, 9.17) is 38.6 Å². The van der Waals surface area contributed by atoms with Gasteiger partial charge in [-0.3, -0.25) is 19.3 Å². The van der Waals surface area contributed by atoms with E-state index in [1.165, 1.54) is 63.7 Å². The van der Waals surface area contributed by atoms with Crippen LogP contribution >= 0.6 is 0 Å². The lowest BCUT2D eigenvalue weighted by Gasteiger charge is -2.43. The number of piperidine rings is 2. The van der Waals surface area contributed by atoms with Crippen molar-refractivity contribution in [3.05, 3.63) is 214 Å². The molecule has 9 aromatic rings. The van der Waals surface area contributed by atoms with Crippen LogP contribution in [0.15, 0.2) is 146 Å². The summed E-state index contributed by atoms with van der Waals surface area (Å²) in [6, 6.07) is 50.1. The molecule has 140 heavy (non-hydrogen) atoms. The Hall–Kier alpha value is -14.1. The highest BCUT2D eigenvalue weighted by Gasteiger charge is 2.42. The summed E-state index contributed by atoms with van der Waals surface area (Å²) < 4.78 is 71.9. The number of likely N-dealkylation sites (tertiary alicyclic amines) is 2. The Morgan fingerprint density at radius 3 is 1.10 bits per heavy atom. The number of rotatable bonds is 24. The number of fused-ring (bicyclic) bond motifs is 6. The number of carbonyl (C=O) groups is 3. The smallest absolute Gasteiger partial charge is 0.282 e. The van der Waals surface area contributed by atoms with E-state index in [0.717, 1.165) is 185 Å². The van der Waals surface area contributed by atoms with Crippen molar-refractivity contribution in [1.29, 1.82) is 31.6 Å². The number of nitriles is 6. The fraction of sp³-hybridized carbons (Fsp3) is 0.444. The van der Waals surface area contributed by atoms with Crippen LogP contribution in [0.25, 0.3) is 32.3 Å². The van der Waals surface area contributed by atoms with Crippen molar-refractivity contribution in [3.63, 3.8) is 0 Å². The molecule has 0 unspecified atom stereocenters. The second kappa shape index (κ2) is 45.2. The molecule has 0 spiro atoms. The average Bonchev–Trinajstić information content (AvgIpc) is 0.755. The van der Waals surface area contributed by atoms with E-state index in [1.54, 1.807) is 7.11 Å². The predicted molar refractivity (Wildman–Crippen MR) is 532 cm³/mol. The van der Waals surface area contributed by atoms with E-state index >= 15 is 0 Å². The minimum absolute atomic E-state index is 0.0315. The number of carbonyl (C=O) groups excluding carboxylic acids is 3.